The highest BCUT2D eigenvalue weighted by atomic mass is 15.4. The molecule has 0 amide bonds. The van der Waals surface area contributed by atoms with Gasteiger partial charge in [-0.1, -0.05) is 13.8 Å². The normalized spacial score (nSPS) is 13.8. The predicted octanol–water partition coefficient (Wildman–Crippen LogP) is 3.13. The minimum atomic E-state index is 0.209. The van der Waals surface area contributed by atoms with Gasteiger partial charge in [0.25, 0.3) is 0 Å². The molecule has 0 radical (unpaired) electrons. The summed E-state index contributed by atoms with van der Waals surface area (Å²) in [7, 11) is 0. The molecule has 0 fully saturated rings. The Hall–Kier alpha value is -0.900. The van der Waals surface area contributed by atoms with E-state index in [0.717, 1.165) is 37.5 Å². The van der Waals surface area contributed by atoms with Crippen molar-refractivity contribution in [1.82, 2.24) is 20.1 Å². The lowest BCUT2D eigenvalue weighted by Crippen LogP contribution is -2.36. The van der Waals surface area contributed by atoms with E-state index >= 15 is 0 Å². The van der Waals surface area contributed by atoms with Crippen LogP contribution in [-0.4, -0.2) is 26.8 Å². The van der Waals surface area contributed by atoms with Crippen molar-refractivity contribution in [2.24, 2.45) is 0 Å². The molecule has 0 saturated carbocycles. The molecular formula is C15H30N4. The summed E-state index contributed by atoms with van der Waals surface area (Å²) in [6.45, 7) is 14.2. The Balaban J connectivity index is 2.49. The van der Waals surface area contributed by atoms with Crippen LogP contribution in [0, 0.1) is 0 Å². The zero-order valence-electron chi connectivity index (χ0n) is 13.5. The van der Waals surface area contributed by atoms with Crippen LogP contribution in [0.4, 0.5) is 0 Å². The SMILES string of the molecule is CCc1nc(CC)n(C(C)CCCNC(C)(C)C)n1. The predicted molar refractivity (Wildman–Crippen MR) is 80.5 cm³/mol. The van der Waals surface area contributed by atoms with Crippen LogP contribution in [0.25, 0.3) is 0 Å². The molecule has 0 aliphatic rings. The lowest BCUT2D eigenvalue weighted by Gasteiger charge is -2.21. The van der Waals surface area contributed by atoms with E-state index in [2.05, 4.69) is 61.6 Å². The number of aromatic nitrogens is 3. The lowest BCUT2D eigenvalue weighted by molar-refractivity contribution is 0.384. The number of nitrogens with one attached hydrogen (secondary N) is 1. The topological polar surface area (TPSA) is 42.7 Å². The highest BCUT2D eigenvalue weighted by Crippen LogP contribution is 2.15. The maximum Gasteiger partial charge on any atom is 0.150 e. The van der Waals surface area contributed by atoms with Crippen molar-refractivity contribution in [3.05, 3.63) is 11.6 Å². The van der Waals surface area contributed by atoms with Crippen molar-refractivity contribution in [3.63, 3.8) is 0 Å². The number of nitrogens with zero attached hydrogens (tertiary/aromatic N) is 3. The smallest absolute Gasteiger partial charge is 0.150 e. The molecule has 19 heavy (non-hydrogen) atoms. The molecular weight excluding hydrogens is 236 g/mol. The van der Waals surface area contributed by atoms with Gasteiger partial charge in [0.2, 0.25) is 0 Å². The van der Waals surface area contributed by atoms with Crippen LogP contribution >= 0.6 is 0 Å². The first-order chi connectivity index (χ1) is 8.87. The average molecular weight is 266 g/mol. The Morgan fingerprint density at radius 1 is 1.21 bits per heavy atom. The molecule has 1 unspecified atom stereocenters. The van der Waals surface area contributed by atoms with E-state index in [0.29, 0.717) is 6.04 Å². The zero-order chi connectivity index (χ0) is 14.5. The van der Waals surface area contributed by atoms with Crippen LogP contribution in [0.15, 0.2) is 0 Å². The molecule has 0 bridgehead atoms. The Kier molecular flexibility index (Phi) is 5.98. The van der Waals surface area contributed by atoms with Crippen LogP contribution in [-0.2, 0) is 12.8 Å². The van der Waals surface area contributed by atoms with Gasteiger partial charge in [-0.2, -0.15) is 5.10 Å². The van der Waals surface area contributed by atoms with E-state index < -0.39 is 0 Å². The second-order valence-corrected chi connectivity index (χ2v) is 6.26. The highest BCUT2D eigenvalue weighted by molar-refractivity contribution is 4.94. The van der Waals surface area contributed by atoms with Crippen molar-refractivity contribution in [2.45, 2.75) is 78.8 Å². The molecule has 0 spiro atoms. The summed E-state index contributed by atoms with van der Waals surface area (Å²) in [4.78, 5) is 4.57. The molecule has 1 aromatic heterocycles. The first kappa shape index (κ1) is 16.2. The van der Waals surface area contributed by atoms with Crippen LogP contribution in [0.5, 0.6) is 0 Å². The second-order valence-electron chi connectivity index (χ2n) is 6.26. The zero-order valence-corrected chi connectivity index (χ0v) is 13.5. The van der Waals surface area contributed by atoms with Crippen LogP contribution < -0.4 is 5.32 Å². The van der Waals surface area contributed by atoms with Crippen molar-refractivity contribution < 1.29 is 0 Å². The fraction of sp³-hybridized carbons (Fsp3) is 0.867. The van der Waals surface area contributed by atoms with Gasteiger partial charge in [-0.25, -0.2) is 9.67 Å². The van der Waals surface area contributed by atoms with Crippen molar-refractivity contribution >= 4 is 0 Å². The van der Waals surface area contributed by atoms with E-state index in [1.165, 1.54) is 6.42 Å². The number of aryl methyl sites for hydroxylation is 2. The molecule has 1 N–H and O–H groups in total. The van der Waals surface area contributed by atoms with Gasteiger partial charge in [0.1, 0.15) is 5.82 Å². The van der Waals surface area contributed by atoms with Crippen molar-refractivity contribution in [1.29, 1.82) is 0 Å². The van der Waals surface area contributed by atoms with E-state index in [1.807, 2.05) is 0 Å². The summed E-state index contributed by atoms with van der Waals surface area (Å²) in [5.74, 6) is 2.09. The van der Waals surface area contributed by atoms with Crippen LogP contribution in [0.3, 0.4) is 0 Å². The standard InChI is InChI=1S/C15H30N4/c1-7-13-17-14(8-2)19(18-13)12(3)10-9-11-16-15(4,5)6/h12,16H,7-11H2,1-6H3. The second kappa shape index (κ2) is 7.04. The van der Waals surface area contributed by atoms with E-state index in [1.54, 1.807) is 0 Å². The van der Waals surface area contributed by atoms with E-state index in [-0.39, 0.29) is 5.54 Å². The Morgan fingerprint density at radius 2 is 1.89 bits per heavy atom. The van der Waals surface area contributed by atoms with Gasteiger partial charge in [-0.15, -0.1) is 0 Å². The Labute approximate surface area is 118 Å². The maximum atomic E-state index is 4.61. The molecule has 1 aromatic rings. The van der Waals surface area contributed by atoms with Gasteiger partial charge in [0.05, 0.1) is 6.04 Å². The van der Waals surface area contributed by atoms with Crippen LogP contribution in [0.1, 0.15) is 72.1 Å². The summed E-state index contributed by atoms with van der Waals surface area (Å²) >= 11 is 0. The first-order valence-corrected chi connectivity index (χ1v) is 7.56. The largest absolute Gasteiger partial charge is 0.312 e. The number of hydrogen-bond donors (Lipinski definition) is 1. The highest BCUT2D eigenvalue weighted by Gasteiger charge is 2.13. The minimum absolute atomic E-state index is 0.209. The molecule has 0 aromatic carbocycles. The maximum absolute atomic E-state index is 4.61. The third-order valence-corrected chi connectivity index (χ3v) is 3.25. The summed E-state index contributed by atoms with van der Waals surface area (Å²) < 4.78 is 2.12. The van der Waals surface area contributed by atoms with E-state index in [4.69, 9.17) is 0 Å². The van der Waals surface area contributed by atoms with Crippen molar-refractivity contribution in [3.8, 4) is 0 Å². The molecule has 4 nitrogen and oxygen atoms in total. The average Bonchev–Trinajstić information content (AvgIpc) is 2.76. The van der Waals surface area contributed by atoms with Gasteiger partial charge in [-0.3, -0.25) is 0 Å². The minimum Gasteiger partial charge on any atom is -0.312 e. The molecule has 0 aliphatic heterocycles. The third kappa shape index (κ3) is 5.31. The number of rotatable bonds is 7. The fourth-order valence-electron chi connectivity index (χ4n) is 2.13. The summed E-state index contributed by atoms with van der Waals surface area (Å²) in [5.41, 5.74) is 0.209. The van der Waals surface area contributed by atoms with Gasteiger partial charge < -0.3 is 5.32 Å². The Morgan fingerprint density at radius 3 is 2.42 bits per heavy atom. The summed E-state index contributed by atoms with van der Waals surface area (Å²) in [6.07, 6.45) is 4.18. The molecule has 110 valence electrons. The third-order valence-electron chi connectivity index (χ3n) is 3.25. The summed E-state index contributed by atoms with van der Waals surface area (Å²) in [5, 5.41) is 8.14. The molecule has 4 heteroatoms. The van der Waals surface area contributed by atoms with Gasteiger partial charge in [-0.05, 0) is 47.1 Å². The van der Waals surface area contributed by atoms with E-state index in [9.17, 15) is 0 Å². The molecule has 0 saturated heterocycles. The van der Waals surface area contributed by atoms with Gasteiger partial charge in [0.15, 0.2) is 5.82 Å². The van der Waals surface area contributed by atoms with Crippen molar-refractivity contribution in [2.75, 3.05) is 6.54 Å². The lowest BCUT2D eigenvalue weighted by atomic mass is 10.1. The number of hydrogen-bond acceptors (Lipinski definition) is 3. The molecule has 1 rings (SSSR count). The molecule has 1 heterocycles. The fourth-order valence-corrected chi connectivity index (χ4v) is 2.13. The molecule has 1 atom stereocenters. The quantitative estimate of drug-likeness (QED) is 0.771. The Bertz CT molecular complexity index is 376. The van der Waals surface area contributed by atoms with Gasteiger partial charge in [0, 0.05) is 18.4 Å². The molecule has 0 aliphatic carbocycles. The van der Waals surface area contributed by atoms with Crippen LogP contribution in [0.2, 0.25) is 0 Å². The monoisotopic (exact) mass is 266 g/mol. The van der Waals surface area contributed by atoms with Gasteiger partial charge >= 0.3 is 0 Å². The summed E-state index contributed by atoms with van der Waals surface area (Å²) in [6, 6.07) is 0.435. The first-order valence-electron chi connectivity index (χ1n) is 7.56.